The van der Waals surface area contributed by atoms with Crippen LogP contribution in [0, 0.1) is 0 Å². The lowest BCUT2D eigenvalue weighted by Crippen LogP contribution is -2.41. The largest absolute Gasteiger partial charge is 0.471 e. The lowest BCUT2D eigenvalue weighted by atomic mass is 10.4. The first-order chi connectivity index (χ1) is 6.50. The highest BCUT2D eigenvalue weighted by atomic mass is 32.2. The van der Waals surface area contributed by atoms with E-state index in [1.54, 1.807) is 23.5 Å². The monoisotopic (exact) mass is 245 g/mol. The van der Waals surface area contributed by atoms with Crippen LogP contribution in [0.25, 0.3) is 0 Å². The molecule has 1 amide bonds. The van der Waals surface area contributed by atoms with Crippen molar-refractivity contribution in [3.63, 3.8) is 0 Å². The molecule has 1 unspecified atom stereocenters. The van der Waals surface area contributed by atoms with Gasteiger partial charge in [-0.25, -0.2) is 0 Å². The van der Waals surface area contributed by atoms with Crippen LogP contribution in [0.15, 0.2) is 0 Å². The summed E-state index contributed by atoms with van der Waals surface area (Å²) >= 11 is 3.32. The molecule has 0 saturated carbocycles. The molecule has 1 aliphatic rings. The molecule has 0 aromatic heterocycles. The quantitative estimate of drug-likeness (QED) is 0.799. The summed E-state index contributed by atoms with van der Waals surface area (Å²) in [6.45, 7) is 0.107. The number of amides is 1. The molecule has 14 heavy (non-hydrogen) atoms. The van der Waals surface area contributed by atoms with Gasteiger partial charge in [-0.2, -0.15) is 36.7 Å². The van der Waals surface area contributed by atoms with Gasteiger partial charge in [-0.15, -0.1) is 0 Å². The smallest absolute Gasteiger partial charge is 0.347 e. The van der Waals surface area contributed by atoms with E-state index in [1.165, 1.54) is 0 Å². The van der Waals surface area contributed by atoms with Gasteiger partial charge >= 0.3 is 12.1 Å². The molecule has 1 atom stereocenters. The second-order valence-corrected chi connectivity index (χ2v) is 5.33. The average molecular weight is 245 g/mol. The molecule has 0 aliphatic carbocycles. The summed E-state index contributed by atoms with van der Waals surface area (Å²) in [7, 11) is 0. The maximum atomic E-state index is 11.8. The molecule has 0 bridgehead atoms. The fourth-order valence-electron chi connectivity index (χ4n) is 0.961. The van der Waals surface area contributed by atoms with Gasteiger partial charge in [0.1, 0.15) is 0 Å². The normalized spacial score (nSPS) is 23.2. The molecule has 2 nitrogen and oxygen atoms in total. The van der Waals surface area contributed by atoms with E-state index >= 15 is 0 Å². The van der Waals surface area contributed by atoms with Crippen molar-refractivity contribution in [3.8, 4) is 0 Å². The molecule has 7 heteroatoms. The first-order valence-electron chi connectivity index (χ1n) is 4.04. The van der Waals surface area contributed by atoms with Crippen LogP contribution in [-0.2, 0) is 4.79 Å². The summed E-state index contributed by atoms with van der Waals surface area (Å²) in [4.78, 5) is 10.5. The molecule has 1 aliphatic heterocycles. The van der Waals surface area contributed by atoms with Crippen molar-refractivity contribution in [1.82, 2.24) is 5.32 Å². The zero-order valence-electron chi connectivity index (χ0n) is 7.26. The number of thioether (sulfide) groups is 2. The minimum atomic E-state index is -4.76. The Bertz CT molecular complexity index is 204. The maximum Gasteiger partial charge on any atom is 0.471 e. The van der Waals surface area contributed by atoms with Gasteiger partial charge in [0, 0.05) is 29.1 Å². The number of carbonyl (C=O) groups is 1. The van der Waals surface area contributed by atoms with Crippen LogP contribution in [0.1, 0.15) is 0 Å². The number of rotatable bonds is 2. The summed E-state index contributed by atoms with van der Waals surface area (Å²) in [5, 5.41) is 2.01. The van der Waals surface area contributed by atoms with E-state index in [1.807, 2.05) is 5.32 Å². The highest BCUT2D eigenvalue weighted by Gasteiger charge is 2.38. The third-order valence-corrected chi connectivity index (χ3v) is 4.48. The Morgan fingerprint density at radius 3 is 2.64 bits per heavy atom. The van der Waals surface area contributed by atoms with Crippen molar-refractivity contribution >= 4 is 29.4 Å². The van der Waals surface area contributed by atoms with Gasteiger partial charge in [0.25, 0.3) is 0 Å². The fraction of sp³-hybridized carbons (Fsp3) is 0.857. The Labute approximate surface area is 88.4 Å². The highest BCUT2D eigenvalue weighted by Crippen LogP contribution is 2.23. The van der Waals surface area contributed by atoms with Crippen molar-refractivity contribution in [3.05, 3.63) is 0 Å². The van der Waals surface area contributed by atoms with Crippen LogP contribution in [0.3, 0.4) is 0 Å². The lowest BCUT2D eigenvalue weighted by molar-refractivity contribution is -0.173. The van der Waals surface area contributed by atoms with E-state index in [-0.39, 0.29) is 11.8 Å². The molecule has 0 radical (unpaired) electrons. The second kappa shape index (κ2) is 5.16. The summed E-state index contributed by atoms with van der Waals surface area (Å²) < 4.78 is 35.3. The average Bonchev–Trinajstić information content (AvgIpc) is 2.14. The fourth-order valence-corrected chi connectivity index (χ4v) is 3.57. The number of hydrogen-bond acceptors (Lipinski definition) is 3. The molecule has 1 saturated heterocycles. The third kappa shape index (κ3) is 4.00. The standard InChI is InChI=1S/C7H10F3NOS2/c8-7(9,10)6(12)11-3-5-4-13-1-2-14-5/h5H,1-4H2,(H,11,12). The number of nitrogens with one attached hydrogen (secondary N) is 1. The van der Waals surface area contributed by atoms with E-state index in [0.717, 1.165) is 17.3 Å². The first-order valence-corrected chi connectivity index (χ1v) is 6.25. The molecular formula is C7H10F3NOS2. The van der Waals surface area contributed by atoms with Gasteiger partial charge in [-0.1, -0.05) is 0 Å². The summed E-state index contributed by atoms with van der Waals surface area (Å²) in [6, 6.07) is 0. The van der Waals surface area contributed by atoms with E-state index in [0.29, 0.717) is 0 Å². The van der Waals surface area contributed by atoms with Gasteiger partial charge in [0.05, 0.1) is 0 Å². The van der Waals surface area contributed by atoms with Crippen LogP contribution in [-0.4, -0.2) is 41.1 Å². The summed E-state index contributed by atoms with van der Waals surface area (Å²) in [6.07, 6.45) is -4.76. The number of halogens is 3. The molecule has 0 spiro atoms. The molecule has 1 N–H and O–H groups in total. The van der Waals surface area contributed by atoms with Gasteiger partial charge in [-0.3, -0.25) is 4.79 Å². The predicted molar refractivity (Wildman–Crippen MR) is 52.6 cm³/mol. The summed E-state index contributed by atoms with van der Waals surface area (Å²) in [5.74, 6) is 0.947. The molecular weight excluding hydrogens is 235 g/mol. The molecule has 1 rings (SSSR count). The Morgan fingerprint density at radius 1 is 1.43 bits per heavy atom. The van der Waals surface area contributed by atoms with Crippen molar-refractivity contribution < 1.29 is 18.0 Å². The Morgan fingerprint density at radius 2 is 2.14 bits per heavy atom. The van der Waals surface area contributed by atoms with Gasteiger partial charge < -0.3 is 5.32 Å². The molecule has 0 aromatic carbocycles. The van der Waals surface area contributed by atoms with Crippen LogP contribution in [0.5, 0.6) is 0 Å². The van der Waals surface area contributed by atoms with Crippen molar-refractivity contribution in [2.75, 3.05) is 23.8 Å². The SMILES string of the molecule is O=C(NCC1CSCCS1)C(F)(F)F. The zero-order chi connectivity index (χ0) is 10.6. The topological polar surface area (TPSA) is 29.1 Å². The maximum absolute atomic E-state index is 11.8. The van der Waals surface area contributed by atoms with E-state index in [2.05, 4.69) is 0 Å². The zero-order valence-corrected chi connectivity index (χ0v) is 8.90. The Kier molecular flexibility index (Phi) is 4.43. The van der Waals surface area contributed by atoms with Crippen LogP contribution in [0.2, 0.25) is 0 Å². The molecule has 1 fully saturated rings. The number of hydrogen-bond donors (Lipinski definition) is 1. The van der Waals surface area contributed by atoms with Crippen LogP contribution < -0.4 is 5.32 Å². The van der Waals surface area contributed by atoms with Crippen molar-refractivity contribution in [1.29, 1.82) is 0 Å². The number of carbonyl (C=O) groups excluding carboxylic acids is 1. The van der Waals surface area contributed by atoms with Crippen molar-refractivity contribution in [2.24, 2.45) is 0 Å². The van der Waals surface area contributed by atoms with Crippen LogP contribution >= 0.6 is 23.5 Å². The Balaban J connectivity index is 2.22. The van der Waals surface area contributed by atoms with E-state index in [9.17, 15) is 18.0 Å². The van der Waals surface area contributed by atoms with Crippen molar-refractivity contribution in [2.45, 2.75) is 11.4 Å². The molecule has 82 valence electrons. The van der Waals surface area contributed by atoms with Crippen LogP contribution in [0.4, 0.5) is 13.2 Å². The lowest BCUT2D eigenvalue weighted by Gasteiger charge is -2.21. The summed E-state index contributed by atoms with van der Waals surface area (Å²) in [5.41, 5.74) is 0. The predicted octanol–water partition coefficient (Wildman–Crippen LogP) is 1.51. The van der Waals surface area contributed by atoms with E-state index in [4.69, 9.17) is 0 Å². The minimum Gasteiger partial charge on any atom is -0.347 e. The van der Waals surface area contributed by atoms with E-state index < -0.39 is 12.1 Å². The van der Waals surface area contributed by atoms with Gasteiger partial charge in [0.15, 0.2) is 0 Å². The number of alkyl halides is 3. The minimum absolute atomic E-state index is 0.107. The third-order valence-electron chi connectivity index (χ3n) is 1.63. The highest BCUT2D eigenvalue weighted by molar-refractivity contribution is 8.06. The molecule has 1 heterocycles. The Hall–Kier alpha value is -0.0400. The first kappa shape index (κ1) is 12.0. The van der Waals surface area contributed by atoms with Gasteiger partial charge in [-0.05, 0) is 0 Å². The molecule has 0 aromatic rings. The van der Waals surface area contributed by atoms with Gasteiger partial charge in [0.2, 0.25) is 0 Å². The second-order valence-electron chi connectivity index (χ2n) is 2.78.